The molecule has 0 aliphatic rings. The highest BCUT2D eigenvalue weighted by Crippen LogP contribution is 2.22. The Morgan fingerprint density at radius 2 is 2.31 bits per heavy atom. The molecular weight excluding hydrogens is 288 g/mol. The Morgan fingerprint density at radius 1 is 1.56 bits per heavy atom. The lowest BCUT2D eigenvalue weighted by atomic mass is 10.3. The molecule has 0 spiro atoms. The molecule has 16 heavy (non-hydrogen) atoms. The minimum absolute atomic E-state index is 0.325. The molecule has 4 nitrogen and oxygen atoms in total. The Labute approximate surface area is 108 Å². The number of halogens is 1. The maximum Gasteiger partial charge on any atom is 0.205 e. The molecule has 1 aromatic rings. The van der Waals surface area contributed by atoms with Gasteiger partial charge in [0.05, 0.1) is 3.79 Å². The Bertz CT molecular complexity index is 348. The number of hydrazine groups is 1. The summed E-state index contributed by atoms with van der Waals surface area (Å²) in [5.74, 6) is 6.00. The van der Waals surface area contributed by atoms with Crippen molar-refractivity contribution < 1.29 is 0 Å². The van der Waals surface area contributed by atoms with Gasteiger partial charge in [-0.05, 0) is 41.9 Å². The van der Waals surface area contributed by atoms with Crippen molar-refractivity contribution in [1.29, 1.82) is 0 Å². The summed E-state index contributed by atoms with van der Waals surface area (Å²) in [4.78, 5) is 5.66. The van der Waals surface area contributed by atoms with Crippen LogP contribution in [0.2, 0.25) is 0 Å². The largest absolute Gasteiger partial charge is 0.353 e. The zero-order valence-electron chi connectivity index (χ0n) is 9.46. The third-order valence-electron chi connectivity index (χ3n) is 1.82. The number of guanidine groups is 1. The van der Waals surface area contributed by atoms with E-state index in [1.165, 1.54) is 4.88 Å². The maximum atomic E-state index is 5.36. The van der Waals surface area contributed by atoms with Crippen LogP contribution in [-0.4, -0.2) is 18.5 Å². The molecule has 0 aliphatic carbocycles. The highest BCUT2D eigenvalue weighted by atomic mass is 79.9. The topological polar surface area (TPSA) is 62.4 Å². The molecule has 0 amide bonds. The van der Waals surface area contributed by atoms with Crippen LogP contribution in [0.5, 0.6) is 0 Å². The summed E-state index contributed by atoms with van der Waals surface area (Å²) < 4.78 is 1.16. The standard InChI is InChI=1S/C10H17BrN4S/c1-7(2)14-10(15-12)13-6-5-8-3-4-9(11)16-8/h3-4,7H,5-6,12H2,1-2H3,(H2,13,14,15). The Kier molecular flexibility index (Phi) is 5.79. The second kappa shape index (κ2) is 6.88. The molecule has 1 aromatic heterocycles. The SMILES string of the molecule is CC(C)NC(=NCCc1ccc(Br)s1)NN. The van der Waals surface area contributed by atoms with Crippen molar-refractivity contribution in [3.05, 3.63) is 20.8 Å². The molecule has 0 bridgehead atoms. The third-order valence-corrected chi connectivity index (χ3v) is 3.50. The number of hydrogen-bond donors (Lipinski definition) is 3. The molecule has 6 heteroatoms. The normalized spacial score (nSPS) is 11.9. The van der Waals surface area contributed by atoms with E-state index in [-0.39, 0.29) is 0 Å². The van der Waals surface area contributed by atoms with Crippen LogP contribution in [-0.2, 0) is 6.42 Å². The lowest BCUT2D eigenvalue weighted by Crippen LogP contribution is -2.44. The minimum atomic E-state index is 0.325. The van der Waals surface area contributed by atoms with E-state index in [2.05, 4.69) is 43.8 Å². The summed E-state index contributed by atoms with van der Waals surface area (Å²) in [7, 11) is 0. The van der Waals surface area contributed by atoms with Crippen LogP contribution in [0.1, 0.15) is 18.7 Å². The average Bonchev–Trinajstić information content (AvgIpc) is 2.62. The van der Waals surface area contributed by atoms with Crippen LogP contribution >= 0.6 is 27.3 Å². The zero-order valence-corrected chi connectivity index (χ0v) is 11.9. The maximum absolute atomic E-state index is 5.36. The van der Waals surface area contributed by atoms with Crippen LogP contribution in [0.3, 0.4) is 0 Å². The van der Waals surface area contributed by atoms with Crippen LogP contribution in [0.15, 0.2) is 20.9 Å². The smallest absolute Gasteiger partial charge is 0.205 e. The highest BCUT2D eigenvalue weighted by molar-refractivity contribution is 9.11. The van der Waals surface area contributed by atoms with Gasteiger partial charge in [0.1, 0.15) is 0 Å². The number of hydrogen-bond acceptors (Lipinski definition) is 3. The Morgan fingerprint density at radius 3 is 2.81 bits per heavy atom. The fourth-order valence-electron chi connectivity index (χ4n) is 1.17. The van der Waals surface area contributed by atoms with E-state index in [4.69, 9.17) is 5.84 Å². The summed E-state index contributed by atoms with van der Waals surface area (Å²) >= 11 is 5.17. The number of nitrogens with one attached hydrogen (secondary N) is 2. The number of nitrogens with two attached hydrogens (primary N) is 1. The predicted octanol–water partition coefficient (Wildman–Crippen LogP) is 1.87. The number of rotatable bonds is 4. The third kappa shape index (κ3) is 4.96. The lowest BCUT2D eigenvalue weighted by Gasteiger charge is -2.11. The first kappa shape index (κ1) is 13.5. The first-order chi connectivity index (χ1) is 7.61. The molecule has 0 aliphatic heterocycles. The Balaban J connectivity index is 2.39. The van der Waals surface area contributed by atoms with Gasteiger partial charge in [-0.3, -0.25) is 10.4 Å². The fraction of sp³-hybridized carbons (Fsp3) is 0.500. The monoisotopic (exact) mass is 304 g/mol. The highest BCUT2D eigenvalue weighted by Gasteiger charge is 1.99. The molecule has 0 atom stereocenters. The molecule has 4 N–H and O–H groups in total. The van der Waals surface area contributed by atoms with Gasteiger partial charge in [0.25, 0.3) is 0 Å². The molecular formula is C10H17BrN4S. The van der Waals surface area contributed by atoms with Crippen molar-refractivity contribution in [2.75, 3.05) is 6.54 Å². The molecule has 0 radical (unpaired) electrons. The van der Waals surface area contributed by atoms with Crippen molar-refractivity contribution in [2.24, 2.45) is 10.8 Å². The van der Waals surface area contributed by atoms with Crippen LogP contribution in [0, 0.1) is 0 Å². The van der Waals surface area contributed by atoms with Gasteiger partial charge in [-0.25, -0.2) is 5.84 Å². The first-order valence-corrected chi connectivity index (χ1v) is 6.74. The Hall–Kier alpha value is -0.590. The first-order valence-electron chi connectivity index (χ1n) is 5.13. The van der Waals surface area contributed by atoms with E-state index >= 15 is 0 Å². The molecule has 1 heterocycles. The van der Waals surface area contributed by atoms with Gasteiger partial charge in [0.2, 0.25) is 5.96 Å². The van der Waals surface area contributed by atoms with Gasteiger partial charge >= 0.3 is 0 Å². The average molecular weight is 305 g/mol. The van der Waals surface area contributed by atoms with Crippen molar-refractivity contribution in [3.63, 3.8) is 0 Å². The summed E-state index contributed by atoms with van der Waals surface area (Å²) in [5.41, 5.74) is 2.56. The van der Waals surface area contributed by atoms with Gasteiger partial charge in [-0.15, -0.1) is 11.3 Å². The quantitative estimate of drug-likeness (QED) is 0.344. The number of thiophene rings is 1. The van der Waals surface area contributed by atoms with E-state index < -0.39 is 0 Å². The fourth-order valence-corrected chi connectivity index (χ4v) is 2.64. The van der Waals surface area contributed by atoms with Crippen LogP contribution in [0.25, 0.3) is 0 Å². The molecule has 0 aromatic carbocycles. The van der Waals surface area contributed by atoms with Crippen molar-refractivity contribution in [1.82, 2.24) is 10.7 Å². The zero-order chi connectivity index (χ0) is 12.0. The van der Waals surface area contributed by atoms with Gasteiger partial charge in [0.15, 0.2) is 0 Å². The second-order valence-corrected chi connectivity index (χ2v) is 6.18. The van der Waals surface area contributed by atoms with Crippen LogP contribution < -0.4 is 16.6 Å². The summed E-state index contributed by atoms with van der Waals surface area (Å²) in [6.45, 7) is 4.82. The van der Waals surface area contributed by atoms with E-state index in [9.17, 15) is 0 Å². The van der Waals surface area contributed by atoms with E-state index in [0.717, 1.165) is 16.8 Å². The molecule has 0 fully saturated rings. The molecule has 0 saturated carbocycles. The van der Waals surface area contributed by atoms with Crippen molar-refractivity contribution in [2.45, 2.75) is 26.3 Å². The van der Waals surface area contributed by atoms with Crippen molar-refractivity contribution in [3.8, 4) is 0 Å². The lowest BCUT2D eigenvalue weighted by molar-refractivity contribution is 0.702. The van der Waals surface area contributed by atoms with E-state index in [1.807, 2.05) is 13.8 Å². The summed E-state index contributed by atoms with van der Waals surface area (Å²) in [6, 6.07) is 4.49. The molecule has 0 unspecified atom stereocenters. The van der Waals surface area contributed by atoms with Crippen molar-refractivity contribution >= 4 is 33.2 Å². The van der Waals surface area contributed by atoms with Gasteiger partial charge in [-0.2, -0.15) is 0 Å². The summed E-state index contributed by atoms with van der Waals surface area (Å²) in [6.07, 6.45) is 0.932. The second-order valence-electron chi connectivity index (χ2n) is 3.63. The number of nitrogens with zero attached hydrogens (tertiary/aromatic N) is 1. The van der Waals surface area contributed by atoms with Gasteiger partial charge in [0, 0.05) is 23.9 Å². The number of aliphatic imine (C=N–C) groups is 1. The molecule has 0 saturated heterocycles. The molecule has 1 rings (SSSR count). The minimum Gasteiger partial charge on any atom is -0.353 e. The van der Waals surface area contributed by atoms with Gasteiger partial charge in [-0.1, -0.05) is 0 Å². The van der Waals surface area contributed by atoms with Crippen LogP contribution in [0.4, 0.5) is 0 Å². The predicted molar refractivity (Wildman–Crippen MR) is 73.6 cm³/mol. The van der Waals surface area contributed by atoms with Gasteiger partial charge < -0.3 is 5.32 Å². The summed E-state index contributed by atoms with van der Waals surface area (Å²) in [5, 5.41) is 3.13. The molecule has 90 valence electrons. The van der Waals surface area contributed by atoms with E-state index in [1.54, 1.807) is 11.3 Å². The van der Waals surface area contributed by atoms with E-state index in [0.29, 0.717) is 12.0 Å².